The molecular formula is C18H15N3. The lowest BCUT2D eigenvalue weighted by atomic mass is 10.1. The van der Waals surface area contributed by atoms with Crippen molar-refractivity contribution < 1.29 is 0 Å². The van der Waals surface area contributed by atoms with Gasteiger partial charge in [0.1, 0.15) is 0 Å². The van der Waals surface area contributed by atoms with E-state index in [0.717, 1.165) is 35.2 Å². The molecule has 1 aromatic heterocycles. The molecule has 21 heavy (non-hydrogen) atoms. The third-order valence-electron chi connectivity index (χ3n) is 3.80. The predicted molar refractivity (Wildman–Crippen MR) is 87.7 cm³/mol. The molecule has 0 aliphatic carbocycles. The molecule has 2 heterocycles. The Bertz CT molecular complexity index is 823. The molecule has 3 aromatic rings. The zero-order valence-corrected chi connectivity index (χ0v) is 11.6. The topological polar surface area (TPSA) is 28.5 Å². The molecule has 0 unspecified atom stereocenters. The SMILES string of the molecule is C1=NCCN(c2cnc3ccccc3c2)c2ccccc21. The first-order chi connectivity index (χ1) is 10.4. The fraction of sp³-hybridized carbons (Fsp3) is 0.111. The highest BCUT2D eigenvalue weighted by atomic mass is 15.2. The van der Waals surface area contributed by atoms with Gasteiger partial charge in [0.05, 0.1) is 29.6 Å². The van der Waals surface area contributed by atoms with E-state index in [9.17, 15) is 0 Å². The first-order valence-corrected chi connectivity index (χ1v) is 7.13. The number of aliphatic imine (C=N–C) groups is 1. The summed E-state index contributed by atoms with van der Waals surface area (Å²) in [4.78, 5) is 11.3. The number of rotatable bonds is 1. The summed E-state index contributed by atoms with van der Waals surface area (Å²) in [7, 11) is 0. The molecule has 102 valence electrons. The molecular weight excluding hydrogens is 258 g/mol. The Labute approximate surface area is 123 Å². The molecule has 0 fully saturated rings. The van der Waals surface area contributed by atoms with Crippen molar-refractivity contribution in [2.24, 2.45) is 4.99 Å². The summed E-state index contributed by atoms with van der Waals surface area (Å²) in [5, 5.41) is 1.16. The van der Waals surface area contributed by atoms with Crippen molar-refractivity contribution in [3.63, 3.8) is 0 Å². The molecule has 0 radical (unpaired) electrons. The van der Waals surface area contributed by atoms with Gasteiger partial charge in [-0.25, -0.2) is 0 Å². The Balaban J connectivity index is 1.85. The molecule has 0 bridgehead atoms. The van der Waals surface area contributed by atoms with Crippen LogP contribution in [0.3, 0.4) is 0 Å². The number of pyridine rings is 1. The van der Waals surface area contributed by atoms with Gasteiger partial charge in [0.15, 0.2) is 0 Å². The second kappa shape index (κ2) is 5.02. The van der Waals surface area contributed by atoms with Gasteiger partial charge in [-0.1, -0.05) is 36.4 Å². The van der Waals surface area contributed by atoms with Crippen LogP contribution in [-0.2, 0) is 0 Å². The minimum atomic E-state index is 0.793. The Kier molecular flexibility index (Phi) is 2.89. The molecule has 0 N–H and O–H groups in total. The zero-order valence-electron chi connectivity index (χ0n) is 11.6. The number of hydrogen-bond donors (Lipinski definition) is 0. The fourth-order valence-electron chi connectivity index (χ4n) is 2.76. The van der Waals surface area contributed by atoms with Crippen LogP contribution in [0.1, 0.15) is 5.56 Å². The fourth-order valence-corrected chi connectivity index (χ4v) is 2.76. The quantitative estimate of drug-likeness (QED) is 0.674. The van der Waals surface area contributed by atoms with Crippen LogP contribution < -0.4 is 4.90 Å². The maximum Gasteiger partial charge on any atom is 0.0703 e. The van der Waals surface area contributed by atoms with Crippen LogP contribution in [0.25, 0.3) is 10.9 Å². The van der Waals surface area contributed by atoms with E-state index in [4.69, 9.17) is 0 Å². The van der Waals surface area contributed by atoms with Crippen molar-refractivity contribution in [3.05, 3.63) is 66.4 Å². The third-order valence-corrected chi connectivity index (χ3v) is 3.80. The van der Waals surface area contributed by atoms with Gasteiger partial charge in [-0.3, -0.25) is 9.98 Å². The van der Waals surface area contributed by atoms with Crippen molar-refractivity contribution in [1.82, 2.24) is 4.98 Å². The van der Waals surface area contributed by atoms with Crippen LogP contribution in [0.2, 0.25) is 0 Å². The molecule has 4 rings (SSSR count). The smallest absolute Gasteiger partial charge is 0.0703 e. The normalized spacial score (nSPS) is 14.0. The van der Waals surface area contributed by atoms with Gasteiger partial charge >= 0.3 is 0 Å². The Hall–Kier alpha value is -2.68. The average molecular weight is 273 g/mol. The monoisotopic (exact) mass is 273 g/mol. The van der Waals surface area contributed by atoms with E-state index in [1.165, 1.54) is 5.69 Å². The summed E-state index contributed by atoms with van der Waals surface area (Å²) < 4.78 is 0. The zero-order chi connectivity index (χ0) is 14.1. The van der Waals surface area contributed by atoms with Crippen LogP contribution in [0.4, 0.5) is 11.4 Å². The van der Waals surface area contributed by atoms with E-state index in [1.807, 2.05) is 36.7 Å². The van der Waals surface area contributed by atoms with E-state index < -0.39 is 0 Å². The summed E-state index contributed by atoms with van der Waals surface area (Å²) in [6.45, 7) is 1.66. The molecule has 3 nitrogen and oxygen atoms in total. The van der Waals surface area contributed by atoms with Crippen LogP contribution in [0, 0.1) is 0 Å². The molecule has 2 aromatic carbocycles. The number of benzodiazepines with no additional fused rings is 1. The first kappa shape index (κ1) is 12.1. The lowest BCUT2D eigenvalue weighted by molar-refractivity contribution is 0.933. The van der Waals surface area contributed by atoms with Gasteiger partial charge in [-0.2, -0.15) is 0 Å². The summed E-state index contributed by atoms with van der Waals surface area (Å²) in [6.07, 6.45) is 3.91. The number of anilines is 2. The molecule has 3 heteroatoms. The van der Waals surface area contributed by atoms with Gasteiger partial charge in [0.2, 0.25) is 0 Å². The Morgan fingerprint density at radius 3 is 2.81 bits per heavy atom. The van der Waals surface area contributed by atoms with Gasteiger partial charge in [-0.15, -0.1) is 0 Å². The molecule has 1 aliphatic heterocycles. The van der Waals surface area contributed by atoms with Crippen LogP contribution in [0.15, 0.2) is 65.8 Å². The summed E-state index contributed by atoms with van der Waals surface area (Å²) in [5.41, 5.74) is 4.49. The second-order valence-corrected chi connectivity index (χ2v) is 5.13. The van der Waals surface area contributed by atoms with E-state index in [-0.39, 0.29) is 0 Å². The highest BCUT2D eigenvalue weighted by molar-refractivity contribution is 5.91. The number of aromatic nitrogens is 1. The Morgan fingerprint density at radius 1 is 0.952 bits per heavy atom. The highest BCUT2D eigenvalue weighted by Crippen LogP contribution is 2.30. The maximum absolute atomic E-state index is 4.58. The maximum atomic E-state index is 4.58. The Morgan fingerprint density at radius 2 is 1.81 bits per heavy atom. The van der Waals surface area contributed by atoms with Crippen LogP contribution in [-0.4, -0.2) is 24.3 Å². The van der Waals surface area contributed by atoms with E-state index in [0.29, 0.717) is 0 Å². The van der Waals surface area contributed by atoms with Gasteiger partial charge in [0.25, 0.3) is 0 Å². The van der Waals surface area contributed by atoms with Gasteiger partial charge in [0, 0.05) is 23.7 Å². The van der Waals surface area contributed by atoms with Gasteiger partial charge < -0.3 is 4.90 Å². The molecule has 0 amide bonds. The lowest BCUT2D eigenvalue weighted by Gasteiger charge is -2.24. The average Bonchev–Trinajstić information content (AvgIpc) is 2.77. The van der Waals surface area contributed by atoms with Crippen LogP contribution >= 0.6 is 0 Å². The molecule has 1 aliphatic rings. The highest BCUT2D eigenvalue weighted by Gasteiger charge is 2.15. The largest absolute Gasteiger partial charge is 0.338 e. The van der Waals surface area contributed by atoms with E-state index in [2.05, 4.69) is 45.2 Å². The standard InChI is InChI=1S/C18H15N3/c1-3-7-17-14(5-1)11-16(13-20-17)21-10-9-19-12-15-6-2-4-8-18(15)21/h1-8,11-13H,9-10H2. The minimum Gasteiger partial charge on any atom is -0.338 e. The van der Waals surface area contributed by atoms with Crippen LogP contribution in [0.5, 0.6) is 0 Å². The third kappa shape index (κ3) is 2.17. The second-order valence-electron chi connectivity index (χ2n) is 5.13. The molecule has 0 atom stereocenters. The van der Waals surface area contributed by atoms with Crippen molar-refractivity contribution >= 4 is 28.5 Å². The lowest BCUT2D eigenvalue weighted by Crippen LogP contribution is -2.20. The predicted octanol–water partition coefficient (Wildman–Crippen LogP) is 3.81. The summed E-state index contributed by atoms with van der Waals surface area (Å²) in [6, 6.07) is 18.8. The van der Waals surface area contributed by atoms with Gasteiger partial charge in [-0.05, 0) is 18.2 Å². The summed E-state index contributed by atoms with van der Waals surface area (Å²) in [5.74, 6) is 0. The molecule has 0 spiro atoms. The summed E-state index contributed by atoms with van der Waals surface area (Å²) >= 11 is 0. The number of hydrogen-bond acceptors (Lipinski definition) is 3. The van der Waals surface area contributed by atoms with Crippen molar-refractivity contribution in [1.29, 1.82) is 0 Å². The van der Waals surface area contributed by atoms with Crippen molar-refractivity contribution in [3.8, 4) is 0 Å². The van der Waals surface area contributed by atoms with E-state index in [1.54, 1.807) is 0 Å². The van der Waals surface area contributed by atoms with Crippen molar-refractivity contribution in [2.45, 2.75) is 0 Å². The molecule has 0 saturated carbocycles. The number of benzene rings is 2. The number of nitrogens with zero attached hydrogens (tertiary/aromatic N) is 3. The number of para-hydroxylation sites is 2. The van der Waals surface area contributed by atoms with E-state index >= 15 is 0 Å². The first-order valence-electron chi connectivity index (χ1n) is 7.13. The number of fused-ring (bicyclic) bond motifs is 2. The minimum absolute atomic E-state index is 0.793. The van der Waals surface area contributed by atoms with Crippen molar-refractivity contribution in [2.75, 3.05) is 18.0 Å². The molecule has 0 saturated heterocycles.